The Hall–Kier alpha value is -2.01. The second-order valence-electron chi connectivity index (χ2n) is 7.69. The van der Waals surface area contributed by atoms with Crippen LogP contribution in [-0.2, 0) is 0 Å². The summed E-state index contributed by atoms with van der Waals surface area (Å²) in [7, 11) is 0. The van der Waals surface area contributed by atoms with Crippen LogP contribution in [-0.4, -0.2) is 19.1 Å². The van der Waals surface area contributed by atoms with Crippen LogP contribution >= 0.6 is 15.9 Å². The van der Waals surface area contributed by atoms with Gasteiger partial charge >= 0.3 is 0 Å². The van der Waals surface area contributed by atoms with Gasteiger partial charge < -0.3 is 14.8 Å². The number of carbonyl (C=O) groups excluding carboxylic acids is 1. The van der Waals surface area contributed by atoms with Crippen LogP contribution in [0.15, 0.2) is 46.9 Å². The summed E-state index contributed by atoms with van der Waals surface area (Å²) in [6.07, 6.45) is 1.99. The lowest BCUT2D eigenvalue weighted by molar-refractivity contribution is 0.102. The Morgan fingerprint density at radius 3 is 2.29 bits per heavy atom. The van der Waals surface area contributed by atoms with E-state index < -0.39 is 0 Å². The highest BCUT2D eigenvalue weighted by Crippen LogP contribution is 2.27. The van der Waals surface area contributed by atoms with E-state index in [0.717, 1.165) is 28.8 Å². The van der Waals surface area contributed by atoms with Gasteiger partial charge in [-0.1, -0.05) is 33.8 Å². The highest BCUT2D eigenvalue weighted by molar-refractivity contribution is 9.10. The second kappa shape index (κ2) is 11.1. The molecule has 0 saturated carbocycles. The number of amides is 1. The van der Waals surface area contributed by atoms with Gasteiger partial charge in [0.25, 0.3) is 5.91 Å². The fourth-order valence-electron chi connectivity index (χ4n) is 2.44. The summed E-state index contributed by atoms with van der Waals surface area (Å²) in [5, 5.41) is 2.92. The maximum Gasteiger partial charge on any atom is 0.255 e. The van der Waals surface area contributed by atoms with E-state index in [1.165, 1.54) is 0 Å². The van der Waals surface area contributed by atoms with Crippen molar-refractivity contribution in [2.24, 2.45) is 11.8 Å². The van der Waals surface area contributed by atoms with Gasteiger partial charge in [0, 0.05) is 17.3 Å². The van der Waals surface area contributed by atoms with Crippen molar-refractivity contribution in [3.63, 3.8) is 0 Å². The third-order valence-corrected chi connectivity index (χ3v) is 4.82. The molecule has 0 spiro atoms. The minimum absolute atomic E-state index is 0.172. The number of anilines is 1. The van der Waals surface area contributed by atoms with E-state index in [9.17, 15) is 4.79 Å². The molecule has 0 aliphatic carbocycles. The Morgan fingerprint density at radius 1 is 0.964 bits per heavy atom. The van der Waals surface area contributed by atoms with Gasteiger partial charge in [-0.3, -0.25) is 4.79 Å². The van der Waals surface area contributed by atoms with E-state index in [2.05, 4.69) is 48.9 Å². The third-order valence-electron chi connectivity index (χ3n) is 4.20. The molecule has 2 aromatic carbocycles. The van der Waals surface area contributed by atoms with Crippen molar-refractivity contribution in [1.29, 1.82) is 0 Å². The highest BCUT2D eigenvalue weighted by Gasteiger charge is 2.10. The zero-order valence-electron chi connectivity index (χ0n) is 17.1. The standard InChI is InChI=1S/C23H30BrNO3/c1-16(2)10-12-27-20-7-5-6-19(15-20)25-23(26)18-8-9-22(21(24)14-18)28-13-11-17(3)4/h5-9,14-17H,10-13H2,1-4H3,(H,25,26). The van der Waals surface area contributed by atoms with Crippen LogP contribution in [0.25, 0.3) is 0 Å². The van der Waals surface area contributed by atoms with E-state index in [4.69, 9.17) is 9.47 Å². The Bertz CT molecular complexity index is 774. The maximum atomic E-state index is 12.6. The number of hydrogen-bond acceptors (Lipinski definition) is 3. The van der Waals surface area contributed by atoms with Crippen molar-refractivity contribution < 1.29 is 14.3 Å². The van der Waals surface area contributed by atoms with Crippen LogP contribution in [0.4, 0.5) is 5.69 Å². The lowest BCUT2D eigenvalue weighted by atomic mass is 10.1. The zero-order chi connectivity index (χ0) is 20.5. The SMILES string of the molecule is CC(C)CCOc1cccc(NC(=O)c2ccc(OCCC(C)C)c(Br)c2)c1. The van der Waals surface area contributed by atoms with Gasteiger partial charge in [0.05, 0.1) is 17.7 Å². The highest BCUT2D eigenvalue weighted by atomic mass is 79.9. The number of benzene rings is 2. The number of ether oxygens (including phenoxy) is 2. The summed E-state index contributed by atoms with van der Waals surface area (Å²) in [4.78, 5) is 12.6. The van der Waals surface area contributed by atoms with Crippen molar-refractivity contribution in [3.05, 3.63) is 52.5 Å². The van der Waals surface area contributed by atoms with Gasteiger partial charge in [0.1, 0.15) is 11.5 Å². The van der Waals surface area contributed by atoms with Gasteiger partial charge in [-0.2, -0.15) is 0 Å². The average Bonchev–Trinajstić information content (AvgIpc) is 2.62. The summed E-state index contributed by atoms with van der Waals surface area (Å²) < 4.78 is 12.3. The first kappa shape index (κ1) is 22.3. The number of nitrogens with one attached hydrogen (secondary N) is 1. The van der Waals surface area contributed by atoms with Gasteiger partial charge in [0.2, 0.25) is 0 Å². The molecule has 2 rings (SSSR count). The molecule has 28 heavy (non-hydrogen) atoms. The van der Waals surface area contributed by atoms with Crippen molar-refractivity contribution in [1.82, 2.24) is 0 Å². The first-order valence-corrected chi connectivity index (χ1v) is 10.6. The fourth-order valence-corrected chi connectivity index (χ4v) is 2.94. The zero-order valence-corrected chi connectivity index (χ0v) is 18.7. The van der Waals surface area contributed by atoms with E-state index in [1.807, 2.05) is 30.3 Å². The lowest BCUT2D eigenvalue weighted by Crippen LogP contribution is -2.12. The molecule has 0 saturated heterocycles. The number of carbonyl (C=O) groups is 1. The summed E-state index contributed by atoms with van der Waals surface area (Å²) in [6, 6.07) is 12.8. The fraction of sp³-hybridized carbons (Fsp3) is 0.435. The molecule has 0 bridgehead atoms. The summed E-state index contributed by atoms with van der Waals surface area (Å²) >= 11 is 3.49. The largest absolute Gasteiger partial charge is 0.494 e. The van der Waals surface area contributed by atoms with Crippen LogP contribution in [0.2, 0.25) is 0 Å². The molecule has 0 aliphatic heterocycles. The van der Waals surface area contributed by atoms with Crippen LogP contribution in [0.3, 0.4) is 0 Å². The third kappa shape index (κ3) is 7.55. The predicted molar refractivity (Wildman–Crippen MR) is 118 cm³/mol. The lowest BCUT2D eigenvalue weighted by Gasteiger charge is -2.12. The van der Waals surface area contributed by atoms with Crippen molar-refractivity contribution in [3.8, 4) is 11.5 Å². The molecular formula is C23H30BrNO3. The summed E-state index contributed by atoms with van der Waals surface area (Å²) in [5.41, 5.74) is 1.27. The molecule has 0 aromatic heterocycles. The molecule has 0 heterocycles. The molecule has 0 radical (unpaired) electrons. The van der Waals surface area contributed by atoms with E-state index >= 15 is 0 Å². The first-order valence-electron chi connectivity index (χ1n) is 9.81. The maximum absolute atomic E-state index is 12.6. The molecule has 2 aromatic rings. The normalized spacial score (nSPS) is 11.0. The molecule has 1 N–H and O–H groups in total. The van der Waals surface area contributed by atoms with Crippen molar-refractivity contribution >= 4 is 27.5 Å². The molecule has 0 unspecified atom stereocenters. The average molecular weight is 448 g/mol. The topological polar surface area (TPSA) is 47.6 Å². The number of hydrogen-bond donors (Lipinski definition) is 1. The molecular weight excluding hydrogens is 418 g/mol. The van der Waals surface area contributed by atoms with Gasteiger partial charge in [-0.15, -0.1) is 0 Å². The Kier molecular flexibility index (Phi) is 8.84. The van der Waals surface area contributed by atoms with E-state index in [0.29, 0.717) is 36.3 Å². The van der Waals surface area contributed by atoms with Crippen LogP contribution in [0.5, 0.6) is 11.5 Å². The summed E-state index contributed by atoms with van der Waals surface area (Å²) in [5.74, 6) is 2.52. The predicted octanol–water partition coefficient (Wildman–Crippen LogP) is 6.55. The van der Waals surface area contributed by atoms with E-state index in [1.54, 1.807) is 12.1 Å². The van der Waals surface area contributed by atoms with Gasteiger partial charge in [-0.25, -0.2) is 0 Å². The molecule has 0 fully saturated rings. The Labute approximate surface area is 176 Å². The van der Waals surface area contributed by atoms with Gasteiger partial charge in [-0.05, 0) is 70.9 Å². The Morgan fingerprint density at radius 2 is 1.64 bits per heavy atom. The first-order chi connectivity index (χ1) is 13.3. The molecule has 5 heteroatoms. The van der Waals surface area contributed by atoms with Crippen molar-refractivity contribution in [2.75, 3.05) is 18.5 Å². The van der Waals surface area contributed by atoms with Crippen molar-refractivity contribution in [2.45, 2.75) is 40.5 Å². The quantitative estimate of drug-likeness (QED) is 0.448. The second-order valence-corrected chi connectivity index (χ2v) is 8.54. The molecule has 4 nitrogen and oxygen atoms in total. The van der Waals surface area contributed by atoms with Gasteiger partial charge in [0.15, 0.2) is 0 Å². The minimum atomic E-state index is -0.172. The molecule has 0 aliphatic rings. The monoisotopic (exact) mass is 447 g/mol. The molecule has 152 valence electrons. The summed E-state index contributed by atoms with van der Waals surface area (Å²) in [6.45, 7) is 9.98. The molecule has 1 amide bonds. The number of rotatable bonds is 10. The van der Waals surface area contributed by atoms with E-state index in [-0.39, 0.29) is 5.91 Å². The minimum Gasteiger partial charge on any atom is -0.494 e. The van der Waals surface area contributed by atoms with Crippen LogP contribution in [0.1, 0.15) is 50.9 Å². The van der Waals surface area contributed by atoms with Crippen LogP contribution < -0.4 is 14.8 Å². The smallest absolute Gasteiger partial charge is 0.255 e. The number of halogens is 1. The Balaban J connectivity index is 1.96. The van der Waals surface area contributed by atoms with Crippen LogP contribution in [0, 0.1) is 11.8 Å². The molecule has 0 atom stereocenters.